The molecule has 0 radical (unpaired) electrons. The second kappa shape index (κ2) is 2.74. The third-order valence-corrected chi connectivity index (χ3v) is 1.40. The summed E-state index contributed by atoms with van der Waals surface area (Å²) in [5.41, 5.74) is 0.666. The van der Waals surface area contributed by atoms with Crippen LogP contribution in [0.2, 0.25) is 0 Å². The van der Waals surface area contributed by atoms with E-state index in [1.807, 2.05) is 0 Å². The van der Waals surface area contributed by atoms with Crippen LogP contribution >= 0.6 is 11.6 Å². The lowest BCUT2D eigenvalue weighted by molar-refractivity contribution is -0.269. The molecule has 0 saturated heterocycles. The topological polar surface area (TPSA) is 23.1 Å². The highest BCUT2D eigenvalue weighted by atomic mass is 35.5. The second-order valence-corrected chi connectivity index (χ2v) is 2.01. The average Bonchev–Trinajstić information content (AvgIpc) is 1.89. The van der Waals surface area contributed by atoms with E-state index in [0.29, 0.717) is 11.4 Å². The van der Waals surface area contributed by atoms with Gasteiger partial charge in [0.15, 0.2) is 0 Å². The summed E-state index contributed by atoms with van der Waals surface area (Å²) >= 11 is 5.43. The Kier molecular flexibility index (Phi) is 1.96. The van der Waals surface area contributed by atoms with E-state index in [1.165, 1.54) is 6.07 Å². The molecule has 0 saturated carbocycles. The van der Waals surface area contributed by atoms with Gasteiger partial charge in [-0.05, 0) is 5.56 Å². The molecule has 48 valence electrons. The van der Waals surface area contributed by atoms with Crippen molar-refractivity contribution >= 4 is 11.6 Å². The summed E-state index contributed by atoms with van der Waals surface area (Å²) in [5, 5.41) is 10.8. The smallest absolute Gasteiger partial charge is 0.0467 e. The molecule has 0 atom stereocenters. The van der Waals surface area contributed by atoms with Gasteiger partial charge in [0.1, 0.15) is 0 Å². The van der Waals surface area contributed by atoms with E-state index in [2.05, 4.69) is 0 Å². The van der Waals surface area contributed by atoms with Gasteiger partial charge in [0.2, 0.25) is 0 Å². The Morgan fingerprint density at radius 3 is 2.44 bits per heavy atom. The third-order valence-electron chi connectivity index (χ3n) is 1.12. The fourth-order valence-corrected chi connectivity index (χ4v) is 0.835. The molecule has 0 aliphatic heterocycles. The van der Waals surface area contributed by atoms with Crippen LogP contribution in [0.15, 0.2) is 24.3 Å². The van der Waals surface area contributed by atoms with Gasteiger partial charge in [-0.15, -0.1) is 17.4 Å². The van der Waals surface area contributed by atoms with Crippen LogP contribution in [0.25, 0.3) is 0 Å². The van der Waals surface area contributed by atoms with Gasteiger partial charge in [-0.3, -0.25) is 0 Å². The molecule has 1 aromatic carbocycles. The SMILES string of the molecule is [O-]c1ccccc1CCl. The first-order valence-electron chi connectivity index (χ1n) is 2.65. The highest BCUT2D eigenvalue weighted by molar-refractivity contribution is 6.17. The minimum atomic E-state index is 0.0208. The quantitative estimate of drug-likeness (QED) is 0.544. The number of hydrogen-bond acceptors (Lipinski definition) is 1. The van der Waals surface area contributed by atoms with Crippen molar-refractivity contribution in [1.82, 2.24) is 0 Å². The van der Waals surface area contributed by atoms with Gasteiger partial charge in [-0.2, -0.15) is 0 Å². The largest absolute Gasteiger partial charge is 0.872 e. The molecule has 1 aromatic rings. The van der Waals surface area contributed by atoms with E-state index in [0.717, 1.165) is 0 Å². The van der Waals surface area contributed by atoms with Gasteiger partial charge >= 0.3 is 0 Å². The molecule has 9 heavy (non-hydrogen) atoms. The van der Waals surface area contributed by atoms with Gasteiger partial charge in [0.25, 0.3) is 0 Å². The van der Waals surface area contributed by atoms with Crippen LogP contribution in [0.4, 0.5) is 0 Å². The maximum absolute atomic E-state index is 10.8. The fraction of sp³-hybridized carbons (Fsp3) is 0.143. The molecule has 0 aliphatic rings. The molecule has 0 bridgehead atoms. The van der Waals surface area contributed by atoms with Crippen LogP contribution in [-0.4, -0.2) is 0 Å². The van der Waals surface area contributed by atoms with E-state index < -0.39 is 0 Å². The Morgan fingerprint density at radius 2 is 2.00 bits per heavy atom. The first-order valence-corrected chi connectivity index (χ1v) is 3.19. The standard InChI is InChI=1S/C7H7ClO/c8-5-6-3-1-2-4-7(6)9/h1-4,9H,5H2/p-1. The number of rotatable bonds is 1. The first kappa shape index (κ1) is 6.43. The molecule has 0 heterocycles. The van der Waals surface area contributed by atoms with E-state index in [9.17, 15) is 5.11 Å². The zero-order chi connectivity index (χ0) is 6.69. The average molecular weight is 142 g/mol. The monoisotopic (exact) mass is 141 g/mol. The third kappa shape index (κ3) is 1.36. The molecule has 1 nitrogen and oxygen atoms in total. The summed E-state index contributed by atoms with van der Waals surface area (Å²) < 4.78 is 0. The highest BCUT2D eigenvalue weighted by Gasteiger charge is 1.86. The summed E-state index contributed by atoms with van der Waals surface area (Å²) in [6.07, 6.45) is 0. The van der Waals surface area contributed by atoms with Crippen molar-refractivity contribution < 1.29 is 5.11 Å². The lowest BCUT2D eigenvalue weighted by atomic mass is 10.2. The van der Waals surface area contributed by atoms with Crippen molar-refractivity contribution in [2.45, 2.75) is 5.88 Å². The van der Waals surface area contributed by atoms with Crippen LogP contribution < -0.4 is 5.11 Å². The normalized spacial score (nSPS) is 9.44. The van der Waals surface area contributed by atoms with Crippen LogP contribution in [0.3, 0.4) is 0 Å². The number of halogens is 1. The molecule has 0 aromatic heterocycles. The summed E-state index contributed by atoms with van der Waals surface area (Å²) in [4.78, 5) is 0. The number of benzene rings is 1. The van der Waals surface area contributed by atoms with E-state index >= 15 is 0 Å². The summed E-state index contributed by atoms with van der Waals surface area (Å²) in [6, 6.07) is 6.75. The predicted octanol–water partition coefficient (Wildman–Crippen LogP) is 1.50. The Hall–Kier alpha value is -0.690. The van der Waals surface area contributed by atoms with Gasteiger partial charge in [0.05, 0.1) is 0 Å². The molecule has 1 rings (SSSR count). The van der Waals surface area contributed by atoms with Gasteiger partial charge in [-0.25, -0.2) is 0 Å². The maximum Gasteiger partial charge on any atom is 0.0467 e. The lowest BCUT2D eigenvalue weighted by Crippen LogP contribution is -1.93. The number of hydrogen-bond donors (Lipinski definition) is 0. The molecule has 0 aliphatic carbocycles. The Bertz CT molecular complexity index is 198. The Labute approximate surface area is 58.9 Å². The molecular formula is C7H6ClO-. The first-order chi connectivity index (χ1) is 4.34. The molecule has 0 unspecified atom stereocenters. The van der Waals surface area contributed by atoms with Crippen molar-refractivity contribution in [1.29, 1.82) is 0 Å². The number of alkyl halides is 1. The van der Waals surface area contributed by atoms with Gasteiger partial charge in [0, 0.05) is 5.88 Å². The van der Waals surface area contributed by atoms with E-state index in [-0.39, 0.29) is 5.75 Å². The zero-order valence-electron chi connectivity index (χ0n) is 4.80. The molecule has 0 spiro atoms. The van der Waals surface area contributed by atoms with Crippen LogP contribution in [0.1, 0.15) is 5.56 Å². The molecule has 0 N–H and O–H groups in total. The van der Waals surface area contributed by atoms with Crippen LogP contribution in [0, 0.1) is 0 Å². The van der Waals surface area contributed by atoms with E-state index in [1.54, 1.807) is 18.2 Å². The Morgan fingerprint density at radius 1 is 1.33 bits per heavy atom. The predicted molar refractivity (Wildman–Crippen MR) is 35.4 cm³/mol. The van der Waals surface area contributed by atoms with Gasteiger partial charge in [-0.1, -0.05) is 24.3 Å². The van der Waals surface area contributed by atoms with Crippen molar-refractivity contribution in [2.24, 2.45) is 0 Å². The minimum Gasteiger partial charge on any atom is -0.872 e. The van der Waals surface area contributed by atoms with E-state index in [4.69, 9.17) is 11.6 Å². The molecule has 0 amide bonds. The molecule has 0 fully saturated rings. The van der Waals surface area contributed by atoms with Crippen molar-refractivity contribution in [3.63, 3.8) is 0 Å². The van der Waals surface area contributed by atoms with Crippen molar-refractivity contribution in [3.8, 4) is 5.75 Å². The van der Waals surface area contributed by atoms with Crippen molar-refractivity contribution in [3.05, 3.63) is 29.8 Å². The second-order valence-electron chi connectivity index (χ2n) is 1.74. The van der Waals surface area contributed by atoms with Gasteiger partial charge < -0.3 is 5.11 Å². The number of para-hydroxylation sites is 1. The summed E-state index contributed by atoms with van der Waals surface area (Å²) in [7, 11) is 0. The lowest BCUT2D eigenvalue weighted by Gasteiger charge is -2.08. The van der Waals surface area contributed by atoms with Crippen LogP contribution in [-0.2, 0) is 5.88 Å². The molecule has 2 heteroatoms. The fourth-order valence-electron chi connectivity index (χ4n) is 0.614. The minimum absolute atomic E-state index is 0.0208. The highest BCUT2D eigenvalue weighted by Crippen LogP contribution is 2.13. The maximum atomic E-state index is 10.8. The van der Waals surface area contributed by atoms with Crippen LogP contribution in [0.5, 0.6) is 5.75 Å². The summed E-state index contributed by atoms with van der Waals surface area (Å²) in [5.74, 6) is 0.326. The van der Waals surface area contributed by atoms with Crippen molar-refractivity contribution in [2.75, 3.05) is 0 Å². The Balaban J connectivity index is 3.01. The summed E-state index contributed by atoms with van der Waals surface area (Å²) in [6.45, 7) is 0. The molecular weight excluding hydrogens is 136 g/mol. The zero-order valence-corrected chi connectivity index (χ0v) is 5.56.